The summed E-state index contributed by atoms with van der Waals surface area (Å²) in [5, 5.41) is 13.2. The summed E-state index contributed by atoms with van der Waals surface area (Å²) in [7, 11) is -1.86. The monoisotopic (exact) mass is 1600 g/mol. The second-order valence-corrected chi connectivity index (χ2v) is 28.8. The lowest BCUT2D eigenvalue weighted by atomic mass is 9.77. The lowest BCUT2D eigenvalue weighted by Gasteiger charge is -2.39. The van der Waals surface area contributed by atoms with Crippen LogP contribution in [0.1, 0.15) is 102 Å². The van der Waals surface area contributed by atoms with Gasteiger partial charge in [0.05, 0.1) is 32.5 Å². The number of nitrogens with two attached hydrogens (primary N) is 1. The van der Waals surface area contributed by atoms with E-state index >= 15 is 17.6 Å². The van der Waals surface area contributed by atoms with Gasteiger partial charge >= 0.3 is 36.5 Å². The van der Waals surface area contributed by atoms with Crippen molar-refractivity contribution in [2.24, 2.45) is 5.73 Å². The minimum Gasteiger partial charge on any atom is -0.428 e. The Hall–Kier alpha value is -10.2. The minimum atomic E-state index is -4.99. The molecule has 0 unspecified atom stereocenters. The Labute approximate surface area is 634 Å². The summed E-state index contributed by atoms with van der Waals surface area (Å²) >= 11 is 4.97. The molecule has 13 nitrogen and oxygen atoms in total. The molecule has 0 aliphatic heterocycles. The van der Waals surface area contributed by atoms with Crippen LogP contribution >= 0.6 is 11.6 Å². The molecule has 31 heteroatoms. The van der Waals surface area contributed by atoms with E-state index in [4.69, 9.17) is 22.6 Å². The normalized spacial score (nSPS) is 15.5. The molecule has 0 spiro atoms. The lowest BCUT2D eigenvalue weighted by Crippen LogP contribution is -2.58. The molecular formula is C80H72ClF16N5O8S. The molecule has 11 rings (SSSR count). The third-order valence-corrected chi connectivity index (χ3v) is 18.5. The first-order chi connectivity index (χ1) is 52.3. The fraction of sp³-hybridized carbons (Fsp3) is 0.250. The molecule has 2 fully saturated rings. The van der Waals surface area contributed by atoms with Crippen LogP contribution in [-0.2, 0) is 39.9 Å². The second kappa shape index (κ2) is 37.6. The van der Waals surface area contributed by atoms with E-state index in [2.05, 4.69) is 40.0 Å². The van der Waals surface area contributed by atoms with Crippen molar-refractivity contribution in [1.29, 1.82) is 0 Å². The molecule has 0 radical (unpaired) electrons. The highest BCUT2D eigenvalue weighted by Gasteiger charge is 2.49. The van der Waals surface area contributed by atoms with Crippen LogP contribution < -0.4 is 40.8 Å². The number of amides is 2. The molecule has 0 heterocycles. The van der Waals surface area contributed by atoms with Crippen molar-refractivity contribution in [3.63, 3.8) is 0 Å². The molecule has 2 amide bonds. The van der Waals surface area contributed by atoms with Crippen molar-refractivity contribution in [2.45, 2.75) is 124 Å². The second-order valence-electron chi connectivity index (χ2n) is 26.5. The predicted octanol–water partition coefficient (Wildman–Crippen LogP) is 20.8. The van der Waals surface area contributed by atoms with Crippen molar-refractivity contribution in [3.8, 4) is 17.2 Å². The SMILES string of the molecule is CC(C)(C)[S@@](=O)N[C@@](Cc1ccccc1)(c1cc(F)cc(OC(F)(F)C(F)F)c1)c1ccc(F)c(/C=C/c2ccccc2)c1.NC1CC(F)(F)C1.O=C(Cl)Oc1ccc(NOO)cc1.O=C(NC1CC(F)(F)C1)N[C@@](Cc1ccccc1)(c1cc(F)cc(OC(F)(F)C(F)F)c1)c1ccc(F)c(/C=C/c2ccccc2)c1. The molecule has 0 saturated heterocycles. The predicted molar refractivity (Wildman–Crippen MR) is 390 cm³/mol. The van der Waals surface area contributed by atoms with Crippen molar-refractivity contribution >= 4 is 64.0 Å². The Morgan fingerprint density at radius 3 is 1.32 bits per heavy atom. The molecule has 0 aromatic heterocycles. The van der Waals surface area contributed by atoms with Crippen LogP contribution in [-0.4, -0.2) is 74.7 Å². The Morgan fingerprint density at radius 1 is 0.541 bits per heavy atom. The first-order valence-electron chi connectivity index (χ1n) is 33.6. The molecule has 9 aromatic rings. The summed E-state index contributed by atoms with van der Waals surface area (Å²) in [6.45, 7) is 5.10. The fourth-order valence-corrected chi connectivity index (χ4v) is 12.4. The van der Waals surface area contributed by atoms with Gasteiger partial charge in [0.25, 0.3) is 11.8 Å². The average Bonchev–Trinajstić information content (AvgIpc) is 0.756. The van der Waals surface area contributed by atoms with Crippen molar-refractivity contribution < 1.29 is 109 Å². The topological polar surface area (TPSA) is 182 Å². The van der Waals surface area contributed by atoms with Gasteiger partial charge in [0, 0.05) is 79.0 Å². The highest BCUT2D eigenvalue weighted by Crippen LogP contribution is 2.43. The molecule has 2 saturated carbocycles. The van der Waals surface area contributed by atoms with Gasteiger partial charge in [-0.1, -0.05) is 158 Å². The summed E-state index contributed by atoms with van der Waals surface area (Å²) in [6.07, 6.45) is -13.7. The molecule has 9 aromatic carbocycles. The maximum absolute atomic E-state index is 15.2. The Kier molecular flexibility index (Phi) is 29.3. The molecule has 7 N–H and O–H groups in total. The number of hydrogen-bond acceptors (Lipinski definition) is 10. The third-order valence-electron chi connectivity index (χ3n) is 16.8. The standard InChI is InChI=1S/C35H28F8N2O2.C34H31F6NO2S.C7H6ClNO4.C4H7F2N/c36-27-16-26(17-29(18-27)47-35(42,43)31(38)39)34(19-23-9-5-2-6-10-23,45-32(46)44-28-20-33(40,41)21-28)25-13-14-30(37)24(15-25)12-11-22-7-3-1-4-8-22;1-32(2,3)44(42)41-33(22-24-12-8-5-9-13-24,27-19-28(35)21-29(20-27)43-34(39,40)31(37)38)26-16-17-30(36)25(18-26)15-14-23-10-6-4-7-11-23;8-7(10)12-6-3-1-5(2-4-6)9-13-11;5-4(6)1-3(7)2-4/h1-18,28,31H,19-21H2,(H2,44,45,46);4-21,31,41H,22H2,1-3H3;1-4,9,11H;3H,1-2,7H2/b12-11+;15-14+;;/t34-;33-,44-;;/m11../s1. The Balaban J connectivity index is 0.000000223. The Morgan fingerprint density at radius 2 is 0.946 bits per heavy atom. The van der Waals surface area contributed by atoms with E-state index in [0.717, 1.165) is 41.5 Å². The summed E-state index contributed by atoms with van der Waals surface area (Å²) in [6, 6.07) is 51.8. The van der Waals surface area contributed by atoms with Crippen LogP contribution in [0.15, 0.2) is 218 Å². The maximum atomic E-state index is 15.2. The molecule has 0 bridgehead atoms. The highest BCUT2D eigenvalue weighted by atomic mass is 35.5. The van der Waals surface area contributed by atoms with Crippen LogP contribution in [0.2, 0.25) is 0 Å². The van der Waals surface area contributed by atoms with Crippen LogP contribution in [0.3, 0.4) is 0 Å². The molecule has 2 aliphatic carbocycles. The van der Waals surface area contributed by atoms with Gasteiger partial charge in [0.15, 0.2) is 0 Å². The van der Waals surface area contributed by atoms with Gasteiger partial charge in [-0.3, -0.25) is 0 Å². The zero-order chi connectivity index (χ0) is 81.1. The van der Waals surface area contributed by atoms with E-state index in [1.165, 1.54) is 60.7 Å². The van der Waals surface area contributed by atoms with Crippen LogP contribution in [0, 0.1) is 23.3 Å². The molecule has 3 atom stereocenters. The van der Waals surface area contributed by atoms with Gasteiger partial charge in [0.1, 0.15) is 40.5 Å². The molecule has 590 valence electrons. The molecular weight excluding hydrogens is 1530 g/mol. The van der Waals surface area contributed by atoms with Crippen LogP contribution in [0.4, 0.5) is 85.5 Å². The third kappa shape index (κ3) is 25.1. The minimum absolute atomic E-state index is 0.0166. The maximum Gasteiger partial charge on any atom is 0.461 e. The van der Waals surface area contributed by atoms with Gasteiger partial charge in [-0.25, -0.2) is 64.4 Å². The number of hydrogen-bond donors (Lipinski definition) is 6. The van der Waals surface area contributed by atoms with Gasteiger partial charge < -0.3 is 30.6 Å². The van der Waals surface area contributed by atoms with E-state index in [0.29, 0.717) is 40.3 Å². The van der Waals surface area contributed by atoms with Crippen LogP contribution in [0.25, 0.3) is 24.3 Å². The van der Waals surface area contributed by atoms with Gasteiger partial charge in [0.2, 0.25) is 0 Å². The number of carbonyl (C=O) groups excluding carboxylic acids is 2. The van der Waals surface area contributed by atoms with Crippen molar-refractivity contribution in [1.82, 2.24) is 15.4 Å². The van der Waals surface area contributed by atoms with E-state index in [1.54, 1.807) is 130 Å². The van der Waals surface area contributed by atoms with Gasteiger partial charge in [-0.2, -0.15) is 35.1 Å². The Bertz CT molecular complexity index is 4640. The number of benzene rings is 9. The first-order valence-corrected chi connectivity index (χ1v) is 35.1. The smallest absolute Gasteiger partial charge is 0.428 e. The van der Waals surface area contributed by atoms with Crippen molar-refractivity contribution in [3.05, 3.63) is 297 Å². The summed E-state index contributed by atoms with van der Waals surface area (Å²) < 4.78 is 248. The molecule has 111 heavy (non-hydrogen) atoms. The highest BCUT2D eigenvalue weighted by molar-refractivity contribution is 7.84. The number of ether oxygens (including phenoxy) is 3. The number of rotatable bonds is 25. The average molecular weight is 1600 g/mol. The largest absolute Gasteiger partial charge is 0.461 e. The van der Waals surface area contributed by atoms with Crippen LogP contribution in [0.5, 0.6) is 17.2 Å². The molecule has 2 aliphatic rings. The number of urea groups is 1. The van der Waals surface area contributed by atoms with E-state index < -0.39 is 129 Å². The number of carbonyl (C=O) groups is 2. The quantitative estimate of drug-likeness (QED) is 0.0106. The van der Waals surface area contributed by atoms with E-state index in [1.807, 2.05) is 30.3 Å². The number of anilines is 1. The summed E-state index contributed by atoms with van der Waals surface area (Å²) in [5.74, 6) is -10.4. The zero-order valence-electron chi connectivity index (χ0n) is 58.9. The first kappa shape index (κ1) is 86.4. The number of halogens is 17. The fourth-order valence-electron chi connectivity index (χ4n) is 11.3. The number of alkyl halides is 12. The lowest BCUT2D eigenvalue weighted by molar-refractivity contribution is -0.253. The van der Waals surface area contributed by atoms with E-state index in [-0.39, 0.29) is 59.5 Å². The van der Waals surface area contributed by atoms with E-state index in [9.17, 15) is 66.5 Å². The number of nitrogens with one attached hydrogen (secondary N) is 4. The summed E-state index contributed by atoms with van der Waals surface area (Å²) in [5.41, 5.74) is 6.33. The zero-order valence-corrected chi connectivity index (χ0v) is 60.4. The van der Waals surface area contributed by atoms with Crippen molar-refractivity contribution in [2.75, 3.05) is 5.48 Å². The van der Waals surface area contributed by atoms with Gasteiger partial charge in [-0.15, -0.1) is 4.99 Å². The van der Waals surface area contributed by atoms with Gasteiger partial charge in [-0.05, 0) is 144 Å². The summed E-state index contributed by atoms with van der Waals surface area (Å²) in [4.78, 5) is 27.4.